The first-order valence-corrected chi connectivity index (χ1v) is 4.55. The fourth-order valence-electron chi connectivity index (χ4n) is 1.72. The highest BCUT2D eigenvalue weighted by Crippen LogP contribution is 2.51. The molecule has 0 unspecified atom stereocenters. The lowest BCUT2D eigenvalue weighted by Crippen LogP contribution is -2.08. The van der Waals surface area contributed by atoms with Gasteiger partial charge < -0.3 is 5.73 Å². The van der Waals surface area contributed by atoms with E-state index in [9.17, 15) is 10.1 Å². The van der Waals surface area contributed by atoms with Gasteiger partial charge in [0.25, 0.3) is 5.69 Å². The lowest BCUT2D eigenvalue weighted by Gasteiger charge is -2.08. The van der Waals surface area contributed by atoms with E-state index in [1.54, 1.807) is 12.1 Å². The number of nitrogen functional groups attached to an aromatic ring is 1. The van der Waals surface area contributed by atoms with Crippen molar-refractivity contribution in [3.05, 3.63) is 33.9 Å². The molecule has 1 fully saturated rings. The first kappa shape index (κ1) is 9.46. The van der Waals surface area contributed by atoms with Crippen LogP contribution in [0, 0.1) is 21.4 Å². The highest BCUT2D eigenvalue weighted by molar-refractivity contribution is 5.66. The minimum absolute atomic E-state index is 0.114. The number of anilines is 1. The van der Waals surface area contributed by atoms with Gasteiger partial charge in [0.15, 0.2) is 0 Å². The van der Waals surface area contributed by atoms with E-state index in [0.717, 1.165) is 0 Å². The molecule has 1 aliphatic rings. The Morgan fingerprint density at radius 1 is 1.53 bits per heavy atom. The first-order chi connectivity index (χ1) is 7.10. The predicted octanol–water partition coefficient (Wildman–Crippen LogP) is 1.73. The van der Waals surface area contributed by atoms with Gasteiger partial charge in [0.05, 0.1) is 22.0 Å². The molecule has 1 saturated carbocycles. The van der Waals surface area contributed by atoms with Gasteiger partial charge in [-0.2, -0.15) is 5.26 Å². The monoisotopic (exact) mass is 203 g/mol. The van der Waals surface area contributed by atoms with Crippen molar-refractivity contribution in [1.82, 2.24) is 0 Å². The molecule has 2 rings (SSSR count). The summed E-state index contributed by atoms with van der Waals surface area (Å²) in [6.07, 6.45) is 1.35. The zero-order chi connectivity index (χ0) is 11.1. The van der Waals surface area contributed by atoms with Gasteiger partial charge in [-0.05, 0) is 18.9 Å². The van der Waals surface area contributed by atoms with Crippen molar-refractivity contribution in [3.8, 4) is 6.07 Å². The van der Waals surface area contributed by atoms with Gasteiger partial charge in [-0.1, -0.05) is 12.1 Å². The summed E-state index contributed by atoms with van der Waals surface area (Å²) < 4.78 is 0. The quantitative estimate of drug-likeness (QED) is 0.450. The molecular formula is C10H9N3O2. The third-order valence-corrected chi connectivity index (χ3v) is 2.73. The topological polar surface area (TPSA) is 93.0 Å². The summed E-state index contributed by atoms with van der Waals surface area (Å²) in [4.78, 5) is 10.3. The van der Waals surface area contributed by atoms with Crippen molar-refractivity contribution in [2.45, 2.75) is 18.3 Å². The Labute approximate surface area is 86.3 Å². The van der Waals surface area contributed by atoms with Gasteiger partial charge in [-0.3, -0.25) is 10.1 Å². The maximum atomic E-state index is 10.8. The number of nitriles is 1. The molecule has 0 aliphatic heterocycles. The molecule has 76 valence electrons. The average Bonchev–Trinajstić information content (AvgIpc) is 2.97. The van der Waals surface area contributed by atoms with Crippen LogP contribution in [0.5, 0.6) is 0 Å². The van der Waals surface area contributed by atoms with E-state index in [0.29, 0.717) is 18.4 Å². The summed E-state index contributed by atoms with van der Waals surface area (Å²) in [5.74, 6) is 0. The van der Waals surface area contributed by atoms with Crippen LogP contribution in [0.25, 0.3) is 0 Å². The summed E-state index contributed by atoms with van der Waals surface area (Å²) >= 11 is 0. The molecule has 0 spiro atoms. The van der Waals surface area contributed by atoms with Crippen LogP contribution in [-0.4, -0.2) is 4.92 Å². The third-order valence-electron chi connectivity index (χ3n) is 2.73. The number of nitrogens with two attached hydrogens (primary N) is 1. The number of benzene rings is 1. The van der Waals surface area contributed by atoms with Crippen LogP contribution < -0.4 is 5.73 Å². The molecule has 5 nitrogen and oxygen atoms in total. The van der Waals surface area contributed by atoms with E-state index in [1.807, 2.05) is 0 Å². The van der Waals surface area contributed by atoms with Crippen molar-refractivity contribution in [3.63, 3.8) is 0 Å². The molecule has 0 aromatic heterocycles. The van der Waals surface area contributed by atoms with Crippen LogP contribution in [0.3, 0.4) is 0 Å². The maximum Gasteiger partial charge on any atom is 0.296 e. The second-order valence-corrected chi connectivity index (χ2v) is 3.69. The second-order valence-electron chi connectivity index (χ2n) is 3.69. The van der Waals surface area contributed by atoms with Gasteiger partial charge in [-0.25, -0.2) is 0 Å². The molecule has 5 heteroatoms. The second kappa shape index (κ2) is 2.95. The van der Waals surface area contributed by atoms with E-state index >= 15 is 0 Å². The summed E-state index contributed by atoms with van der Waals surface area (Å²) in [5.41, 5.74) is 5.35. The van der Waals surface area contributed by atoms with Gasteiger partial charge >= 0.3 is 0 Å². The maximum absolute atomic E-state index is 10.8. The summed E-state index contributed by atoms with van der Waals surface area (Å²) in [6.45, 7) is 0. The zero-order valence-electron chi connectivity index (χ0n) is 7.93. The predicted molar refractivity (Wildman–Crippen MR) is 54.0 cm³/mol. The molecule has 0 bridgehead atoms. The van der Waals surface area contributed by atoms with Gasteiger partial charge in [-0.15, -0.1) is 0 Å². The third kappa shape index (κ3) is 1.31. The Morgan fingerprint density at radius 2 is 2.20 bits per heavy atom. The summed E-state index contributed by atoms with van der Waals surface area (Å²) in [6, 6.07) is 6.88. The fraction of sp³-hybridized carbons (Fsp3) is 0.300. The lowest BCUT2D eigenvalue weighted by molar-refractivity contribution is -0.384. The Morgan fingerprint density at radius 3 is 2.67 bits per heavy atom. The van der Waals surface area contributed by atoms with Crippen LogP contribution in [0.2, 0.25) is 0 Å². The van der Waals surface area contributed by atoms with Crippen LogP contribution in [-0.2, 0) is 5.41 Å². The fourth-order valence-corrected chi connectivity index (χ4v) is 1.72. The molecule has 0 atom stereocenters. The van der Waals surface area contributed by atoms with Crippen LogP contribution in [0.15, 0.2) is 18.2 Å². The van der Waals surface area contributed by atoms with E-state index in [4.69, 9.17) is 11.0 Å². The molecule has 0 heterocycles. The van der Waals surface area contributed by atoms with Gasteiger partial charge in [0, 0.05) is 0 Å². The number of hydrogen-bond acceptors (Lipinski definition) is 4. The number of nitrogens with zero attached hydrogens (tertiary/aromatic N) is 2. The Kier molecular flexibility index (Phi) is 1.86. The van der Waals surface area contributed by atoms with Gasteiger partial charge in [0.1, 0.15) is 5.69 Å². The van der Waals surface area contributed by atoms with Crippen molar-refractivity contribution < 1.29 is 4.92 Å². The first-order valence-electron chi connectivity index (χ1n) is 4.55. The Balaban J connectivity index is 2.63. The highest BCUT2D eigenvalue weighted by Gasteiger charge is 2.49. The number of hydrogen-bond donors (Lipinski definition) is 1. The minimum Gasteiger partial charge on any atom is -0.393 e. The molecular weight excluding hydrogens is 194 g/mol. The van der Waals surface area contributed by atoms with Crippen molar-refractivity contribution in [2.24, 2.45) is 0 Å². The molecule has 0 saturated heterocycles. The molecule has 0 amide bonds. The standard InChI is InChI=1S/C10H9N3O2/c11-6-10(4-5-10)7-2-1-3-8(12)9(7)13(14)15/h1-3H,4-5,12H2. The number of rotatable bonds is 2. The Bertz CT molecular complexity index is 472. The van der Waals surface area contributed by atoms with E-state index in [1.165, 1.54) is 6.07 Å². The molecule has 1 aliphatic carbocycles. The Hall–Kier alpha value is -2.09. The highest BCUT2D eigenvalue weighted by atomic mass is 16.6. The zero-order valence-corrected chi connectivity index (χ0v) is 7.93. The van der Waals surface area contributed by atoms with Crippen molar-refractivity contribution in [2.75, 3.05) is 5.73 Å². The van der Waals surface area contributed by atoms with Crippen molar-refractivity contribution in [1.29, 1.82) is 5.26 Å². The number of nitro groups is 1. The smallest absolute Gasteiger partial charge is 0.296 e. The number of nitro benzene ring substituents is 1. The molecule has 2 N–H and O–H groups in total. The minimum atomic E-state index is -0.669. The van der Waals surface area contributed by atoms with E-state index in [2.05, 4.69) is 6.07 Å². The number of para-hydroxylation sites is 1. The molecule has 15 heavy (non-hydrogen) atoms. The normalized spacial score (nSPS) is 16.7. The van der Waals surface area contributed by atoms with Crippen LogP contribution >= 0.6 is 0 Å². The molecule has 0 radical (unpaired) electrons. The van der Waals surface area contributed by atoms with Crippen LogP contribution in [0.4, 0.5) is 11.4 Å². The average molecular weight is 203 g/mol. The summed E-state index contributed by atoms with van der Waals surface area (Å²) in [7, 11) is 0. The van der Waals surface area contributed by atoms with E-state index < -0.39 is 10.3 Å². The largest absolute Gasteiger partial charge is 0.393 e. The van der Waals surface area contributed by atoms with Gasteiger partial charge in [0.2, 0.25) is 0 Å². The summed E-state index contributed by atoms with van der Waals surface area (Å²) in [5, 5.41) is 19.8. The SMILES string of the molecule is N#CC1(c2cccc(N)c2[N+](=O)[O-])CC1. The molecule has 1 aromatic carbocycles. The van der Waals surface area contributed by atoms with E-state index in [-0.39, 0.29) is 11.4 Å². The van der Waals surface area contributed by atoms with Crippen LogP contribution in [0.1, 0.15) is 18.4 Å². The van der Waals surface area contributed by atoms with Crippen molar-refractivity contribution >= 4 is 11.4 Å². The molecule has 1 aromatic rings. The lowest BCUT2D eigenvalue weighted by atomic mass is 9.95.